The Balaban J connectivity index is 2.59. The van der Waals surface area contributed by atoms with Gasteiger partial charge in [-0.2, -0.15) is 0 Å². The lowest BCUT2D eigenvalue weighted by molar-refractivity contribution is -0.144. The van der Waals surface area contributed by atoms with Crippen molar-refractivity contribution in [3.63, 3.8) is 0 Å². The van der Waals surface area contributed by atoms with E-state index in [1.54, 1.807) is 20.8 Å². The van der Waals surface area contributed by atoms with Crippen LogP contribution in [0.25, 0.3) is 0 Å². The van der Waals surface area contributed by atoms with Crippen LogP contribution in [0.3, 0.4) is 0 Å². The third kappa shape index (κ3) is 4.73. The normalized spacial score (nSPS) is 18.8. The fraction of sp³-hybridized carbons (Fsp3) is 0.857. The molecular weight excluding hydrogens is 246 g/mol. The summed E-state index contributed by atoms with van der Waals surface area (Å²) in [6.07, 6.45) is 1.38. The molecule has 0 aromatic carbocycles. The molecule has 1 saturated carbocycles. The lowest BCUT2D eigenvalue weighted by Gasteiger charge is -2.27. The van der Waals surface area contributed by atoms with E-state index in [1.165, 1.54) is 0 Å². The molecule has 1 aliphatic rings. The molecule has 1 rings (SSSR count). The van der Waals surface area contributed by atoms with Gasteiger partial charge in [0.15, 0.2) is 0 Å². The van der Waals surface area contributed by atoms with Crippen LogP contribution < -0.4 is 5.32 Å². The number of ether oxygens (including phenoxy) is 1. The zero-order chi connectivity index (χ0) is 14.8. The summed E-state index contributed by atoms with van der Waals surface area (Å²) in [5.74, 6) is -0.589. The highest BCUT2D eigenvalue weighted by Gasteiger charge is 2.51. The molecule has 0 radical (unpaired) electrons. The Morgan fingerprint density at radius 2 is 1.84 bits per heavy atom. The van der Waals surface area contributed by atoms with Crippen molar-refractivity contribution in [2.75, 3.05) is 0 Å². The number of nitrogens with one attached hydrogen (secondary N) is 1. The molecule has 5 nitrogen and oxygen atoms in total. The largest absolute Gasteiger partial charge is 0.481 e. The van der Waals surface area contributed by atoms with Crippen LogP contribution in [0.15, 0.2) is 0 Å². The molecular formula is C14H25NO4. The quantitative estimate of drug-likeness (QED) is 0.806. The van der Waals surface area contributed by atoms with Crippen LogP contribution in [0.1, 0.15) is 53.9 Å². The average molecular weight is 271 g/mol. The molecule has 0 aliphatic heterocycles. The number of alkyl carbamates (subject to hydrolysis) is 1. The smallest absolute Gasteiger partial charge is 0.407 e. The van der Waals surface area contributed by atoms with Crippen molar-refractivity contribution in [2.45, 2.75) is 65.5 Å². The molecule has 1 fully saturated rings. The highest BCUT2D eigenvalue weighted by molar-refractivity contribution is 5.78. The van der Waals surface area contributed by atoms with Crippen molar-refractivity contribution in [1.29, 1.82) is 0 Å². The lowest BCUT2D eigenvalue weighted by atomic mass is 9.90. The third-order valence-electron chi connectivity index (χ3n) is 3.42. The van der Waals surface area contributed by atoms with E-state index in [2.05, 4.69) is 5.32 Å². The Hall–Kier alpha value is -1.26. The minimum atomic E-state index is -0.760. The van der Waals surface area contributed by atoms with Gasteiger partial charge >= 0.3 is 12.1 Å². The van der Waals surface area contributed by atoms with Gasteiger partial charge in [0, 0.05) is 6.04 Å². The first-order valence-electron chi connectivity index (χ1n) is 6.79. The number of carboxylic acid groups (broad SMARTS) is 1. The van der Waals surface area contributed by atoms with Gasteiger partial charge in [0.1, 0.15) is 5.60 Å². The Bertz CT molecular complexity index is 353. The summed E-state index contributed by atoms with van der Waals surface area (Å²) in [4.78, 5) is 23.0. The molecule has 0 saturated heterocycles. The molecule has 1 unspecified atom stereocenters. The van der Waals surface area contributed by atoms with E-state index in [0.717, 1.165) is 0 Å². The summed E-state index contributed by atoms with van der Waals surface area (Å²) in [5.41, 5.74) is -1.18. The molecule has 19 heavy (non-hydrogen) atoms. The Morgan fingerprint density at radius 1 is 1.32 bits per heavy atom. The number of carbonyl (C=O) groups is 2. The molecule has 1 atom stereocenters. The van der Waals surface area contributed by atoms with Gasteiger partial charge in [-0.1, -0.05) is 13.8 Å². The van der Waals surface area contributed by atoms with E-state index in [1.807, 2.05) is 13.8 Å². The molecule has 0 bridgehead atoms. The SMILES string of the molecule is CC(C)C(CC1(C(=O)O)CC1)NC(=O)OC(C)(C)C. The number of rotatable bonds is 5. The molecule has 1 aliphatic carbocycles. The first kappa shape index (κ1) is 15.8. The monoisotopic (exact) mass is 271 g/mol. The number of carboxylic acids is 1. The second-order valence-electron chi connectivity index (χ2n) is 6.79. The van der Waals surface area contributed by atoms with Crippen molar-refractivity contribution in [3.8, 4) is 0 Å². The van der Waals surface area contributed by atoms with Gasteiger partial charge in [0.05, 0.1) is 5.41 Å². The Morgan fingerprint density at radius 3 is 2.16 bits per heavy atom. The molecule has 0 aromatic rings. The van der Waals surface area contributed by atoms with E-state index in [9.17, 15) is 14.7 Å². The van der Waals surface area contributed by atoms with Gasteiger partial charge in [-0.25, -0.2) is 4.79 Å². The molecule has 0 spiro atoms. The second kappa shape index (κ2) is 5.39. The van der Waals surface area contributed by atoms with Gasteiger partial charge in [0.25, 0.3) is 0 Å². The first-order valence-corrected chi connectivity index (χ1v) is 6.79. The maximum absolute atomic E-state index is 11.8. The van der Waals surface area contributed by atoms with E-state index < -0.39 is 23.1 Å². The summed E-state index contributed by atoms with van der Waals surface area (Å²) >= 11 is 0. The molecule has 1 amide bonds. The topological polar surface area (TPSA) is 75.6 Å². The van der Waals surface area contributed by atoms with Crippen molar-refractivity contribution < 1.29 is 19.4 Å². The fourth-order valence-electron chi connectivity index (χ4n) is 1.99. The van der Waals surface area contributed by atoms with Gasteiger partial charge in [0.2, 0.25) is 0 Å². The number of carbonyl (C=O) groups excluding carboxylic acids is 1. The second-order valence-corrected chi connectivity index (χ2v) is 6.79. The van der Waals surface area contributed by atoms with E-state index >= 15 is 0 Å². The van der Waals surface area contributed by atoms with Crippen molar-refractivity contribution in [2.24, 2.45) is 11.3 Å². The van der Waals surface area contributed by atoms with E-state index in [-0.39, 0.29) is 12.0 Å². The molecule has 110 valence electrons. The highest BCUT2D eigenvalue weighted by Crippen LogP contribution is 2.50. The van der Waals surface area contributed by atoms with Gasteiger partial charge < -0.3 is 15.2 Å². The van der Waals surface area contributed by atoms with Crippen LogP contribution >= 0.6 is 0 Å². The van der Waals surface area contributed by atoms with E-state index in [4.69, 9.17) is 4.74 Å². The van der Waals surface area contributed by atoms with Gasteiger partial charge in [-0.15, -0.1) is 0 Å². The molecule has 0 aromatic heterocycles. The molecule has 5 heteroatoms. The number of hydrogen-bond acceptors (Lipinski definition) is 3. The van der Waals surface area contributed by atoms with Gasteiger partial charge in [-0.05, 0) is 46.0 Å². The van der Waals surface area contributed by atoms with Crippen LogP contribution in [0, 0.1) is 11.3 Å². The number of hydrogen-bond donors (Lipinski definition) is 2. The predicted molar refractivity (Wildman–Crippen MR) is 71.9 cm³/mol. The summed E-state index contributed by atoms with van der Waals surface area (Å²) in [5, 5.41) is 12.0. The summed E-state index contributed by atoms with van der Waals surface area (Å²) in [6.45, 7) is 9.35. The Labute approximate surface area is 114 Å². The fourth-order valence-corrected chi connectivity index (χ4v) is 1.99. The lowest BCUT2D eigenvalue weighted by Crippen LogP contribution is -2.43. The van der Waals surface area contributed by atoms with Crippen LogP contribution in [0.4, 0.5) is 4.79 Å². The number of aliphatic carboxylic acids is 1. The first-order chi connectivity index (χ1) is 8.56. The van der Waals surface area contributed by atoms with Crippen LogP contribution in [-0.4, -0.2) is 28.8 Å². The van der Waals surface area contributed by atoms with E-state index in [0.29, 0.717) is 19.3 Å². The summed E-state index contributed by atoms with van der Waals surface area (Å²) in [7, 11) is 0. The third-order valence-corrected chi connectivity index (χ3v) is 3.42. The summed E-state index contributed by atoms with van der Waals surface area (Å²) < 4.78 is 5.22. The minimum absolute atomic E-state index is 0.171. The van der Waals surface area contributed by atoms with Crippen molar-refractivity contribution in [3.05, 3.63) is 0 Å². The van der Waals surface area contributed by atoms with Gasteiger partial charge in [-0.3, -0.25) is 4.79 Å². The maximum atomic E-state index is 11.8. The zero-order valence-corrected chi connectivity index (χ0v) is 12.4. The average Bonchev–Trinajstić information content (AvgIpc) is 2.94. The summed E-state index contributed by atoms with van der Waals surface area (Å²) in [6, 6.07) is -0.173. The van der Waals surface area contributed by atoms with Crippen molar-refractivity contribution >= 4 is 12.1 Å². The van der Waals surface area contributed by atoms with Crippen molar-refractivity contribution in [1.82, 2.24) is 5.32 Å². The van der Waals surface area contributed by atoms with Crippen LogP contribution in [0.2, 0.25) is 0 Å². The number of amides is 1. The van der Waals surface area contributed by atoms with Crippen LogP contribution in [-0.2, 0) is 9.53 Å². The minimum Gasteiger partial charge on any atom is -0.481 e. The zero-order valence-electron chi connectivity index (χ0n) is 12.4. The van der Waals surface area contributed by atoms with Crippen LogP contribution in [0.5, 0.6) is 0 Å². The Kier molecular flexibility index (Phi) is 4.48. The highest BCUT2D eigenvalue weighted by atomic mass is 16.6. The maximum Gasteiger partial charge on any atom is 0.407 e. The standard InChI is InChI=1S/C14H25NO4/c1-9(2)10(8-14(6-7-14)11(16)17)15-12(18)19-13(3,4)5/h9-10H,6-8H2,1-5H3,(H,15,18)(H,16,17). The molecule has 0 heterocycles. The molecule has 2 N–H and O–H groups in total. The predicted octanol–water partition coefficient (Wildman–Crippen LogP) is 2.79.